The third-order valence-corrected chi connectivity index (χ3v) is 2.66. The van der Waals surface area contributed by atoms with Gasteiger partial charge >= 0.3 is 5.63 Å². The van der Waals surface area contributed by atoms with Gasteiger partial charge in [-0.05, 0) is 17.7 Å². The third-order valence-electron chi connectivity index (χ3n) is 2.46. The molecule has 0 aliphatic heterocycles. The van der Waals surface area contributed by atoms with E-state index in [1.165, 1.54) is 26.4 Å². The minimum atomic E-state index is -0.872. The molecule has 1 heterocycles. The number of hydrogen-bond acceptors (Lipinski definition) is 5. The molecule has 0 bridgehead atoms. The Labute approximate surface area is 107 Å². The van der Waals surface area contributed by atoms with E-state index in [0.29, 0.717) is 16.9 Å². The Bertz CT molecular complexity index is 674. The molecular weight excluding hydrogens is 260 g/mol. The van der Waals surface area contributed by atoms with Crippen molar-refractivity contribution in [1.82, 2.24) is 0 Å². The van der Waals surface area contributed by atoms with Crippen LogP contribution in [0.3, 0.4) is 0 Å². The molecule has 0 atom stereocenters. The zero-order valence-corrected chi connectivity index (χ0v) is 10.4. The Hall–Kier alpha value is -2.01. The molecule has 94 valence electrons. The van der Waals surface area contributed by atoms with Crippen molar-refractivity contribution in [3.05, 3.63) is 34.2 Å². The lowest BCUT2D eigenvalue weighted by molar-refractivity contribution is 0.107. The monoisotopic (exact) mass is 268 g/mol. The number of halogens is 1. The van der Waals surface area contributed by atoms with E-state index in [0.717, 1.165) is 0 Å². The summed E-state index contributed by atoms with van der Waals surface area (Å²) in [5.41, 5.74) is -0.761. The average Bonchev–Trinajstić information content (AvgIpc) is 2.35. The van der Waals surface area contributed by atoms with Gasteiger partial charge in [0.25, 0.3) is 5.24 Å². The van der Waals surface area contributed by atoms with Crippen molar-refractivity contribution >= 4 is 27.8 Å². The van der Waals surface area contributed by atoms with Crippen LogP contribution in [-0.4, -0.2) is 19.5 Å². The highest BCUT2D eigenvalue weighted by Gasteiger charge is 2.15. The van der Waals surface area contributed by atoms with Crippen molar-refractivity contribution in [2.45, 2.75) is 0 Å². The van der Waals surface area contributed by atoms with E-state index >= 15 is 0 Å². The molecule has 0 N–H and O–H groups in total. The van der Waals surface area contributed by atoms with E-state index in [-0.39, 0.29) is 11.1 Å². The number of methoxy groups -OCH3 is 2. The van der Waals surface area contributed by atoms with Gasteiger partial charge in [-0.3, -0.25) is 4.79 Å². The first-order valence-electron chi connectivity index (χ1n) is 4.96. The van der Waals surface area contributed by atoms with Crippen molar-refractivity contribution in [2.75, 3.05) is 14.2 Å². The van der Waals surface area contributed by atoms with Crippen molar-refractivity contribution in [3.63, 3.8) is 0 Å². The Kier molecular flexibility index (Phi) is 3.25. The van der Waals surface area contributed by atoms with E-state index in [9.17, 15) is 9.59 Å². The van der Waals surface area contributed by atoms with Gasteiger partial charge in [-0.25, -0.2) is 4.79 Å². The van der Waals surface area contributed by atoms with Gasteiger partial charge in [0.1, 0.15) is 22.6 Å². The van der Waals surface area contributed by atoms with Crippen molar-refractivity contribution < 1.29 is 18.7 Å². The summed E-state index contributed by atoms with van der Waals surface area (Å²) in [5.74, 6) is 0.903. The van der Waals surface area contributed by atoms with E-state index < -0.39 is 10.9 Å². The fourth-order valence-electron chi connectivity index (χ4n) is 1.59. The summed E-state index contributed by atoms with van der Waals surface area (Å²) in [6, 6.07) is 4.49. The SMILES string of the molecule is COc1cc(OC)c2cc(C(=O)Cl)c(=O)oc2c1. The lowest BCUT2D eigenvalue weighted by Gasteiger charge is -2.07. The smallest absolute Gasteiger partial charge is 0.348 e. The maximum Gasteiger partial charge on any atom is 0.348 e. The molecule has 0 aliphatic rings. The molecule has 0 amide bonds. The van der Waals surface area contributed by atoms with Gasteiger partial charge in [0.2, 0.25) is 0 Å². The molecule has 0 saturated heterocycles. The number of carbonyl (C=O) groups is 1. The first-order valence-corrected chi connectivity index (χ1v) is 5.34. The normalized spacial score (nSPS) is 10.4. The summed E-state index contributed by atoms with van der Waals surface area (Å²) < 4.78 is 15.2. The molecule has 2 aromatic rings. The van der Waals surface area contributed by atoms with Crippen LogP contribution < -0.4 is 15.1 Å². The number of carbonyl (C=O) groups excluding carboxylic acids is 1. The fraction of sp³-hybridized carbons (Fsp3) is 0.167. The van der Waals surface area contributed by atoms with Crippen LogP contribution in [0, 0.1) is 0 Å². The summed E-state index contributed by atoms with van der Waals surface area (Å²) >= 11 is 5.30. The second kappa shape index (κ2) is 4.70. The van der Waals surface area contributed by atoms with Gasteiger partial charge in [0.05, 0.1) is 19.6 Å². The van der Waals surface area contributed by atoms with Gasteiger partial charge < -0.3 is 13.9 Å². The van der Waals surface area contributed by atoms with E-state index in [4.69, 9.17) is 25.5 Å². The van der Waals surface area contributed by atoms with Crippen LogP contribution in [0.2, 0.25) is 0 Å². The maximum atomic E-state index is 11.5. The quantitative estimate of drug-likeness (QED) is 0.631. The molecule has 0 radical (unpaired) electrons. The van der Waals surface area contributed by atoms with E-state index in [1.807, 2.05) is 0 Å². The number of fused-ring (bicyclic) bond motifs is 1. The fourth-order valence-corrected chi connectivity index (χ4v) is 1.72. The molecule has 0 fully saturated rings. The zero-order chi connectivity index (χ0) is 13.3. The van der Waals surface area contributed by atoms with Gasteiger partial charge in [0, 0.05) is 12.1 Å². The van der Waals surface area contributed by atoms with Crippen LogP contribution in [0.5, 0.6) is 11.5 Å². The summed E-state index contributed by atoms with van der Waals surface area (Å²) in [7, 11) is 2.94. The second-order valence-electron chi connectivity index (χ2n) is 3.46. The molecule has 1 aromatic heterocycles. The van der Waals surface area contributed by atoms with Crippen molar-refractivity contribution in [3.8, 4) is 11.5 Å². The topological polar surface area (TPSA) is 65.7 Å². The van der Waals surface area contributed by atoms with E-state index in [2.05, 4.69) is 0 Å². The molecule has 0 saturated carbocycles. The number of benzene rings is 1. The van der Waals surface area contributed by atoms with E-state index in [1.54, 1.807) is 6.07 Å². The van der Waals surface area contributed by atoms with Crippen LogP contribution in [0.25, 0.3) is 11.0 Å². The molecule has 2 rings (SSSR count). The Morgan fingerprint density at radius 3 is 2.50 bits per heavy atom. The summed E-state index contributed by atoms with van der Waals surface area (Å²) in [5, 5.41) is -0.398. The second-order valence-corrected chi connectivity index (χ2v) is 3.81. The lowest BCUT2D eigenvalue weighted by Crippen LogP contribution is -2.09. The number of ether oxygens (including phenoxy) is 2. The summed E-state index contributed by atoms with van der Waals surface area (Å²) in [4.78, 5) is 22.6. The van der Waals surface area contributed by atoms with Crippen molar-refractivity contribution in [1.29, 1.82) is 0 Å². The number of rotatable bonds is 3. The van der Waals surface area contributed by atoms with Gasteiger partial charge in [-0.1, -0.05) is 0 Å². The minimum absolute atomic E-state index is 0.229. The summed E-state index contributed by atoms with van der Waals surface area (Å²) in [6.45, 7) is 0. The highest BCUT2D eigenvalue weighted by Crippen LogP contribution is 2.30. The van der Waals surface area contributed by atoms with Crippen LogP contribution in [0.1, 0.15) is 10.4 Å². The molecule has 1 aromatic carbocycles. The van der Waals surface area contributed by atoms with Gasteiger partial charge in [0.15, 0.2) is 0 Å². The number of hydrogen-bond donors (Lipinski definition) is 0. The molecule has 5 nitrogen and oxygen atoms in total. The van der Waals surface area contributed by atoms with Crippen LogP contribution in [0.4, 0.5) is 0 Å². The molecule has 0 aliphatic carbocycles. The molecule has 0 unspecified atom stereocenters. The Morgan fingerprint density at radius 1 is 1.22 bits per heavy atom. The van der Waals surface area contributed by atoms with Gasteiger partial charge in [-0.15, -0.1) is 0 Å². The zero-order valence-electron chi connectivity index (χ0n) is 9.65. The molecule has 6 heteroatoms. The average molecular weight is 269 g/mol. The highest BCUT2D eigenvalue weighted by molar-refractivity contribution is 6.67. The van der Waals surface area contributed by atoms with Crippen LogP contribution >= 0.6 is 11.6 Å². The molecular formula is C12H9ClO5. The first-order chi connectivity index (χ1) is 8.56. The minimum Gasteiger partial charge on any atom is -0.496 e. The maximum absolute atomic E-state index is 11.5. The predicted molar refractivity (Wildman–Crippen MR) is 65.8 cm³/mol. The van der Waals surface area contributed by atoms with Gasteiger partial charge in [-0.2, -0.15) is 0 Å². The standard InChI is InChI=1S/C12H9ClO5/c1-16-6-3-9(17-2)7-5-8(11(13)14)12(15)18-10(7)4-6/h3-5H,1-2H3. The first kappa shape index (κ1) is 12.4. The summed E-state index contributed by atoms with van der Waals surface area (Å²) in [6.07, 6.45) is 0. The lowest BCUT2D eigenvalue weighted by atomic mass is 10.1. The Morgan fingerprint density at radius 2 is 1.94 bits per heavy atom. The van der Waals surface area contributed by atoms with Crippen molar-refractivity contribution in [2.24, 2.45) is 0 Å². The third kappa shape index (κ3) is 2.04. The van der Waals surface area contributed by atoms with Crippen LogP contribution in [-0.2, 0) is 0 Å². The largest absolute Gasteiger partial charge is 0.496 e. The molecule has 0 spiro atoms. The molecule has 18 heavy (non-hydrogen) atoms. The predicted octanol–water partition coefficient (Wildman–Crippen LogP) is 2.19. The Balaban J connectivity index is 2.84. The van der Waals surface area contributed by atoms with Crippen LogP contribution in [0.15, 0.2) is 27.4 Å². The highest BCUT2D eigenvalue weighted by atomic mass is 35.5.